The minimum atomic E-state index is -3.14. The van der Waals surface area contributed by atoms with Crippen molar-refractivity contribution < 1.29 is 18.3 Å². The summed E-state index contributed by atoms with van der Waals surface area (Å²) in [7, 11) is -1.56. The van der Waals surface area contributed by atoms with E-state index in [0.29, 0.717) is 26.0 Å². The van der Waals surface area contributed by atoms with Gasteiger partial charge in [-0.1, -0.05) is 0 Å². The van der Waals surface area contributed by atoms with Crippen LogP contribution in [0.1, 0.15) is 32.1 Å². The van der Waals surface area contributed by atoms with E-state index in [-0.39, 0.29) is 18.4 Å². The van der Waals surface area contributed by atoms with Crippen molar-refractivity contribution in [1.82, 2.24) is 4.31 Å². The molecule has 0 amide bonds. The Morgan fingerprint density at radius 3 is 2.82 bits per heavy atom. The van der Waals surface area contributed by atoms with Gasteiger partial charge in [-0.3, -0.25) is 0 Å². The predicted octanol–water partition coefficient (Wildman–Crippen LogP) is 0.590. The number of ether oxygens (including phenoxy) is 1. The Hall–Kier alpha value is -0.170. The topological polar surface area (TPSA) is 66.8 Å². The Morgan fingerprint density at radius 1 is 1.41 bits per heavy atom. The van der Waals surface area contributed by atoms with Gasteiger partial charge in [0.25, 0.3) is 0 Å². The second-order valence-corrected chi connectivity index (χ2v) is 6.48. The van der Waals surface area contributed by atoms with Gasteiger partial charge in [0.15, 0.2) is 0 Å². The minimum absolute atomic E-state index is 0.0923. The molecule has 0 saturated carbocycles. The summed E-state index contributed by atoms with van der Waals surface area (Å²) >= 11 is 0. The smallest absolute Gasteiger partial charge is 0.214 e. The third-order valence-corrected chi connectivity index (χ3v) is 5.13. The van der Waals surface area contributed by atoms with Crippen LogP contribution in [0.25, 0.3) is 0 Å². The number of methoxy groups -OCH3 is 1. The number of rotatable bonds is 8. The highest BCUT2D eigenvalue weighted by Gasteiger charge is 2.32. The fraction of sp³-hybridized carbons (Fsp3) is 1.00. The lowest BCUT2D eigenvalue weighted by molar-refractivity contribution is 0.199. The van der Waals surface area contributed by atoms with Gasteiger partial charge in [0.2, 0.25) is 10.0 Å². The molecule has 1 atom stereocenters. The molecule has 1 unspecified atom stereocenters. The first kappa shape index (κ1) is 14.9. The van der Waals surface area contributed by atoms with Crippen LogP contribution in [0.5, 0.6) is 0 Å². The fourth-order valence-electron chi connectivity index (χ4n) is 2.29. The van der Waals surface area contributed by atoms with Crippen LogP contribution < -0.4 is 0 Å². The Bertz CT molecular complexity index is 305. The highest BCUT2D eigenvalue weighted by atomic mass is 32.2. The van der Waals surface area contributed by atoms with Crippen LogP contribution in [-0.2, 0) is 14.8 Å². The van der Waals surface area contributed by atoms with Crippen LogP contribution in [0.4, 0.5) is 0 Å². The molecular weight excluding hydrogens is 242 g/mol. The average Bonchev–Trinajstić information content (AvgIpc) is 2.75. The van der Waals surface area contributed by atoms with Crippen molar-refractivity contribution >= 4 is 10.0 Å². The molecule has 17 heavy (non-hydrogen) atoms. The summed E-state index contributed by atoms with van der Waals surface area (Å²) in [6.45, 7) is 1.24. The van der Waals surface area contributed by atoms with Crippen LogP contribution in [0.3, 0.4) is 0 Å². The molecule has 102 valence electrons. The lowest BCUT2D eigenvalue weighted by Crippen LogP contribution is -2.37. The van der Waals surface area contributed by atoms with E-state index in [2.05, 4.69) is 0 Å². The van der Waals surface area contributed by atoms with Crippen molar-refractivity contribution in [2.75, 3.05) is 32.6 Å². The minimum Gasteiger partial charge on any atom is -0.396 e. The molecule has 0 aromatic rings. The van der Waals surface area contributed by atoms with E-state index in [9.17, 15) is 8.42 Å². The molecule has 0 radical (unpaired) electrons. The van der Waals surface area contributed by atoms with Gasteiger partial charge in [-0.2, -0.15) is 4.31 Å². The van der Waals surface area contributed by atoms with Gasteiger partial charge >= 0.3 is 0 Å². The predicted molar refractivity (Wildman–Crippen MR) is 66.3 cm³/mol. The molecular formula is C11H23NO4S. The number of aliphatic hydroxyl groups is 1. The van der Waals surface area contributed by atoms with Crippen LogP contribution in [0.2, 0.25) is 0 Å². The van der Waals surface area contributed by atoms with E-state index in [1.807, 2.05) is 0 Å². The van der Waals surface area contributed by atoms with E-state index in [4.69, 9.17) is 9.84 Å². The molecule has 1 saturated heterocycles. The zero-order valence-electron chi connectivity index (χ0n) is 10.5. The van der Waals surface area contributed by atoms with E-state index < -0.39 is 10.0 Å². The largest absolute Gasteiger partial charge is 0.396 e. The standard InChI is InChI=1S/C11H23NO4S/c1-16-9-4-10-17(14,15)12-7-2-5-11(12)6-3-8-13/h11,13H,2-10H2,1H3. The normalized spacial score (nSPS) is 22.1. The summed E-state index contributed by atoms with van der Waals surface area (Å²) in [5, 5.41) is 8.80. The first-order valence-corrected chi connectivity index (χ1v) is 7.82. The second-order valence-electron chi connectivity index (χ2n) is 4.43. The van der Waals surface area contributed by atoms with E-state index in [1.54, 1.807) is 11.4 Å². The summed E-state index contributed by atoms with van der Waals surface area (Å²) in [5.74, 6) is 0.163. The first-order valence-electron chi connectivity index (χ1n) is 6.21. The SMILES string of the molecule is COCCCS(=O)(=O)N1CCCC1CCCO. The molecule has 1 rings (SSSR count). The van der Waals surface area contributed by atoms with Gasteiger partial charge in [0, 0.05) is 32.9 Å². The van der Waals surface area contributed by atoms with Crippen molar-refractivity contribution in [3.8, 4) is 0 Å². The first-order chi connectivity index (χ1) is 8.11. The molecule has 0 aromatic heterocycles. The summed E-state index contributed by atoms with van der Waals surface area (Å²) in [6, 6.07) is 0.0923. The van der Waals surface area contributed by atoms with Crippen LogP contribution in [-0.4, -0.2) is 56.5 Å². The van der Waals surface area contributed by atoms with Crippen molar-refractivity contribution in [3.63, 3.8) is 0 Å². The quantitative estimate of drug-likeness (QED) is 0.652. The molecule has 0 aromatic carbocycles. The lowest BCUT2D eigenvalue weighted by Gasteiger charge is -2.23. The van der Waals surface area contributed by atoms with Gasteiger partial charge in [-0.25, -0.2) is 8.42 Å². The van der Waals surface area contributed by atoms with Crippen molar-refractivity contribution in [2.24, 2.45) is 0 Å². The molecule has 1 N–H and O–H groups in total. The van der Waals surface area contributed by atoms with E-state index in [1.165, 1.54) is 0 Å². The summed E-state index contributed by atoms with van der Waals surface area (Å²) < 4.78 is 30.7. The Kier molecular flexibility index (Phi) is 6.40. The monoisotopic (exact) mass is 265 g/mol. The fourth-order valence-corrected chi connectivity index (χ4v) is 4.08. The number of hydrogen-bond acceptors (Lipinski definition) is 4. The Morgan fingerprint density at radius 2 is 2.18 bits per heavy atom. The van der Waals surface area contributed by atoms with Gasteiger partial charge in [-0.05, 0) is 32.1 Å². The van der Waals surface area contributed by atoms with Crippen molar-refractivity contribution in [1.29, 1.82) is 0 Å². The summed E-state index contributed by atoms with van der Waals surface area (Å²) in [5.41, 5.74) is 0. The van der Waals surface area contributed by atoms with Gasteiger partial charge in [-0.15, -0.1) is 0 Å². The van der Waals surface area contributed by atoms with Crippen molar-refractivity contribution in [2.45, 2.75) is 38.1 Å². The molecule has 1 aliphatic heterocycles. The van der Waals surface area contributed by atoms with Crippen LogP contribution in [0.15, 0.2) is 0 Å². The highest BCUT2D eigenvalue weighted by Crippen LogP contribution is 2.24. The number of aliphatic hydroxyl groups excluding tert-OH is 1. The van der Waals surface area contributed by atoms with E-state index in [0.717, 1.165) is 19.3 Å². The molecule has 0 bridgehead atoms. The second kappa shape index (κ2) is 7.31. The van der Waals surface area contributed by atoms with Crippen LogP contribution >= 0.6 is 0 Å². The zero-order chi connectivity index (χ0) is 12.7. The van der Waals surface area contributed by atoms with Gasteiger partial charge < -0.3 is 9.84 Å². The van der Waals surface area contributed by atoms with Gasteiger partial charge in [0.05, 0.1) is 5.75 Å². The molecule has 6 heteroatoms. The maximum Gasteiger partial charge on any atom is 0.214 e. The number of nitrogens with zero attached hydrogens (tertiary/aromatic N) is 1. The highest BCUT2D eigenvalue weighted by molar-refractivity contribution is 7.89. The molecule has 5 nitrogen and oxygen atoms in total. The lowest BCUT2D eigenvalue weighted by atomic mass is 10.1. The van der Waals surface area contributed by atoms with Crippen molar-refractivity contribution in [3.05, 3.63) is 0 Å². The average molecular weight is 265 g/mol. The molecule has 0 aliphatic carbocycles. The van der Waals surface area contributed by atoms with Crippen LogP contribution in [0, 0.1) is 0 Å². The molecule has 1 aliphatic rings. The summed E-state index contributed by atoms with van der Waals surface area (Å²) in [6.07, 6.45) is 3.83. The maximum atomic E-state index is 12.1. The molecule has 0 spiro atoms. The van der Waals surface area contributed by atoms with Gasteiger partial charge in [0.1, 0.15) is 0 Å². The third-order valence-electron chi connectivity index (χ3n) is 3.13. The molecule has 1 fully saturated rings. The Labute approximate surface area is 104 Å². The third kappa shape index (κ3) is 4.54. The van der Waals surface area contributed by atoms with E-state index >= 15 is 0 Å². The number of hydrogen-bond donors (Lipinski definition) is 1. The maximum absolute atomic E-state index is 12.1. The summed E-state index contributed by atoms with van der Waals surface area (Å²) in [4.78, 5) is 0. The zero-order valence-corrected chi connectivity index (χ0v) is 11.3. The number of sulfonamides is 1. The molecule has 1 heterocycles. The Balaban J connectivity index is 2.50.